The number of rotatable bonds is 5. The largest absolute Gasteiger partial charge is 0.386 e. The molecule has 0 aliphatic carbocycles. The summed E-state index contributed by atoms with van der Waals surface area (Å²) in [5, 5.41) is 12.4. The average Bonchev–Trinajstić information content (AvgIpc) is 2.73. The first-order chi connectivity index (χ1) is 13.6. The fourth-order valence-electron chi connectivity index (χ4n) is 3.01. The van der Waals surface area contributed by atoms with E-state index in [-0.39, 0.29) is 17.3 Å². The van der Waals surface area contributed by atoms with E-state index in [1.807, 2.05) is 30.3 Å². The van der Waals surface area contributed by atoms with Gasteiger partial charge >= 0.3 is 0 Å². The lowest BCUT2D eigenvalue weighted by Crippen LogP contribution is -2.49. The van der Waals surface area contributed by atoms with Crippen molar-refractivity contribution in [3.63, 3.8) is 0 Å². The van der Waals surface area contributed by atoms with Crippen molar-refractivity contribution in [3.05, 3.63) is 76.2 Å². The van der Waals surface area contributed by atoms with Gasteiger partial charge in [0.15, 0.2) is 0 Å². The van der Waals surface area contributed by atoms with E-state index in [4.69, 9.17) is 0 Å². The molecule has 28 heavy (non-hydrogen) atoms. The predicted octanol–water partition coefficient (Wildman–Crippen LogP) is 3.43. The minimum Gasteiger partial charge on any atom is -0.386 e. The molecular formula is C21H20BrFN4O. The van der Waals surface area contributed by atoms with Crippen LogP contribution >= 0.6 is 15.9 Å². The first-order valence-corrected chi connectivity index (χ1v) is 9.74. The molecule has 0 atom stereocenters. The van der Waals surface area contributed by atoms with Crippen LogP contribution in [0, 0.1) is 17.1 Å². The predicted molar refractivity (Wildman–Crippen MR) is 110 cm³/mol. The van der Waals surface area contributed by atoms with Crippen LogP contribution in [0.15, 0.2) is 64.8 Å². The second-order valence-corrected chi connectivity index (χ2v) is 7.35. The van der Waals surface area contributed by atoms with Crippen molar-refractivity contribution in [2.24, 2.45) is 0 Å². The molecule has 1 fully saturated rings. The highest BCUT2D eigenvalue weighted by Crippen LogP contribution is 2.17. The maximum atomic E-state index is 13.1. The monoisotopic (exact) mass is 442 g/mol. The van der Waals surface area contributed by atoms with Gasteiger partial charge in [0, 0.05) is 49.1 Å². The summed E-state index contributed by atoms with van der Waals surface area (Å²) in [5.41, 5.74) is 2.07. The number of nitrogens with one attached hydrogen (secondary N) is 1. The number of hydrogen-bond acceptors (Lipinski definition) is 4. The molecule has 0 unspecified atom stereocenters. The highest BCUT2D eigenvalue weighted by atomic mass is 79.9. The van der Waals surface area contributed by atoms with E-state index in [2.05, 4.69) is 26.1 Å². The molecule has 1 N–H and O–H groups in total. The molecule has 144 valence electrons. The van der Waals surface area contributed by atoms with Crippen molar-refractivity contribution >= 4 is 27.5 Å². The van der Waals surface area contributed by atoms with E-state index in [1.54, 1.807) is 17.0 Å². The summed E-state index contributed by atoms with van der Waals surface area (Å²) >= 11 is 3.39. The second kappa shape index (κ2) is 9.38. The third-order valence-corrected chi connectivity index (χ3v) is 5.10. The third kappa shape index (κ3) is 5.11. The summed E-state index contributed by atoms with van der Waals surface area (Å²) in [6.07, 6.45) is 1.48. The number of nitriles is 1. The number of anilines is 1. The van der Waals surface area contributed by atoms with Gasteiger partial charge in [0.05, 0.1) is 0 Å². The number of benzene rings is 2. The van der Waals surface area contributed by atoms with Gasteiger partial charge in [0.2, 0.25) is 0 Å². The first-order valence-electron chi connectivity index (χ1n) is 8.95. The summed E-state index contributed by atoms with van der Waals surface area (Å²) in [5.74, 6) is -0.540. The van der Waals surface area contributed by atoms with Gasteiger partial charge in [-0.25, -0.2) is 4.39 Å². The fraction of sp³-hybridized carbons (Fsp3) is 0.238. The van der Waals surface area contributed by atoms with E-state index in [1.165, 1.54) is 18.3 Å². The van der Waals surface area contributed by atoms with E-state index in [0.717, 1.165) is 15.7 Å². The minimum absolute atomic E-state index is 0.0901. The first kappa shape index (κ1) is 19.9. The van der Waals surface area contributed by atoms with Gasteiger partial charge in [0.25, 0.3) is 5.91 Å². The van der Waals surface area contributed by atoms with Gasteiger partial charge in [-0.15, -0.1) is 0 Å². The summed E-state index contributed by atoms with van der Waals surface area (Å²) in [7, 11) is 0. The average molecular weight is 443 g/mol. The van der Waals surface area contributed by atoms with Crippen molar-refractivity contribution in [1.82, 2.24) is 10.2 Å². The standard InChI is InChI=1S/C21H20BrFN4O/c22-18-3-1-16(2-4-18)14-25-15-17(13-24)21(28)27-11-9-26(10-12-27)20-7-5-19(23)6-8-20/h1-8,15,25H,9-12,14H2/b17-15-. The lowest BCUT2D eigenvalue weighted by molar-refractivity contribution is -0.127. The zero-order valence-corrected chi connectivity index (χ0v) is 16.8. The Balaban J connectivity index is 1.54. The third-order valence-electron chi connectivity index (χ3n) is 4.58. The Kier molecular flexibility index (Phi) is 6.66. The van der Waals surface area contributed by atoms with Gasteiger partial charge < -0.3 is 15.1 Å². The van der Waals surface area contributed by atoms with Crippen LogP contribution in [0.5, 0.6) is 0 Å². The topological polar surface area (TPSA) is 59.4 Å². The number of hydrogen-bond donors (Lipinski definition) is 1. The molecule has 1 amide bonds. The van der Waals surface area contributed by atoms with Crippen LogP contribution in [0.25, 0.3) is 0 Å². The molecule has 7 heteroatoms. The Morgan fingerprint density at radius 1 is 1.11 bits per heavy atom. The Morgan fingerprint density at radius 3 is 2.36 bits per heavy atom. The highest BCUT2D eigenvalue weighted by molar-refractivity contribution is 9.10. The molecule has 0 saturated carbocycles. The molecule has 3 rings (SSSR count). The van der Waals surface area contributed by atoms with Crippen molar-refractivity contribution < 1.29 is 9.18 Å². The van der Waals surface area contributed by atoms with E-state index in [9.17, 15) is 14.4 Å². The van der Waals surface area contributed by atoms with Gasteiger partial charge in [-0.1, -0.05) is 28.1 Å². The smallest absolute Gasteiger partial charge is 0.266 e. The molecule has 0 bridgehead atoms. The zero-order valence-electron chi connectivity index (χ0n) is 15.2. The number of carbonyl (C=O) groups is 1. The van der Waals surface area contributed by atoms with Crippen LogP contribution in [0.3, 0.4) is 0 Å². The zero-order chi connectivity index (χ0) is 19.9. The summed E-state index contributed by atoms with van der Waals surface area (Å²) in [6.45, 7) is 2.85. The summed E-state index contributed by atoms with van der Waals surface area (Å²) < 4.78 is 14.1. The molecule has 2 aromatic rings. The molecule has 1 saturated heterocycles. The van der Waals surface area contributed by atoms with Crippen LogP contribution in [0.4, 0.5) is 10.1 Å². The van der Waals surface area contributed by atoms with Crippen molar-refractivity contribution in [2.45, 2.75) is 6.54 Å². The van der Waals surface area contributed by atoms with Crippen molar-refractivity contribution in [1.29, 1.82) is 5.26 Å². The summed E-state index contributed by atoms with van der Waals surface area (Å²) in [4.78, 5) is 16.4. The summed E-state index contributed by atoms with van der Waals surface area (Å²) in [6, 6.07) is 16.1. The van der Waals surface area contributed by atoms with Crippen molar-refractivity contribution in [3.8, 4) is 6.07 Å². The van der Waals surface area contributed by atoms with Gasteiger partial charge in [-0.3, -0.25) is 4.79 Å². The molecule has 0 spiro atoms. The molecule has 5 nitrogen and oxygen atoms in total. The number of halogens is 2. The Labute approximate surface area is 172 Å². The SMILES string of the molecule is N#C/C(=C/NCc1ccc(Br)cc1)C(=O)N1CCN(c2ccc(F)cc2)CC1. The number of amides is 1. The fourth-order valence-corrected chi connectivity index (χ4v) is 3.27. The number of carbonyl (C=O) groups excluding carboxylic acids is 1. The van der Waals surface area contributed by atoms with Crippen LogP contribution in [-0.4, -0.2) is 37.0 Å². The Bertz CT molecular complexity index is 882. The molecule has 1 heterocycles. The van der Waals surface area contributed by atoms with E-state index in [0.29, 0.717) is 32.7 Å². The van der Waals surface area contributed by atoms with E-state index < -0.39 is 0 Å². The maximum Gasteiger partial charge on any atom is 0.266 e. The quantitative estimate of drug-likeness (QED) is 0.569. The Morgan fingerprint density at radius 2 is 1.75 bits per heavy atom. The molecule has 1 aliphatic rings. The van der Waals surface area contributed by atoms with Gasteiger partial charge in [0.1, 0.15) is 17.5 Å². The molecular weight excluding hydrogens is 423 g/mol. The number of nitrogens with zero attached hydrogens (tertiary/aromatic N) is 3. The number of piperazine rings is 1. The van der Waals surface area contributed by atoms with Crippen LogP contribution in [0.2, 0.25) is 0 Å². The van der Waals surface area contributed by atoms with Gasteiger partial charge in [-0.2, -0.15) is 5.26 Å². The maximum absolute atomic E-state index is 13.1. The Hall–Kier alpha value is -2.85. The van der Waals surface area contributed by atoms with Crippen LogP contribution < -0.4 is 10.2 Å². The second-order valence-electron chi connectivity index (χ2n) is 6.43. The highest BCUT2D eigenvalue weighted by Gasteiger charge is 2.23. The normalized spacial score (nSPS) is 14.5. The van der Waals surface area contributed by atoms with Gasteiger partial charge in [-0.05, 0) is 42.0 Å². The molecule has 0 radical (unpaired) electrons. The van der Waals surface area contributed by atoms with Crippen LogP contribution in [-0.2, 0) is 11.3 Å². The minimum atomic E-state index is -0.274. The molecule has 2 aromatic carbocycles. The lowest BCUT2D eigenvalue weighted by atomic mass is 10.2. The van der Waals surface area contributed by atoms with Crippen LogP contribution in [0.1, 0.15) is 5.56 Å². The lowest BCUT2D eigenvalue weighted by Gasteiger charge is -2.36. The van der Waals surface area contributed by atoms with Crippen molar-refractivity contribution in [2.75, 3.05) is 31.1 Å². The molecule has 1 aliphatic heterocycles. The van der Waals surface area contributed by atoms with E-state index >= 15 is 0 Å². The molecule has 0 aromatic heterocycles.